The molecule has 0 fully saturated rings. The SMILES string of the molecule is CC=C(C)C(CC)CCCCCCC. The summed E-state index contributed by atoms with van der Waals surface area (Å²) in [6.45, 7) is 9.03. The van der Waals surface area contributed by atoms with Gasteiger partial charge in [0.05, 0.1) is 0 Å². The molecule has 0 spiro atoms. The van der Waals surface area contributed by atoms with E-state index in [4.69, 9.17) is 0 Å². The van der Waals surface area contributed by atoms with Gasteiger partial charge in [-0.25, -0.2) is 0 Å². The summed E-state index contributed by atoms with van der Waals surface area (Å²) in [5.41, 5.74) is 1.59. The predicted molar refractivity (Wildman–Crippen MR) is 66.6 cm³/mol. The lowest BCUT2D eigenvalue weighted by atomic mass is 9.91. The van der Waals surface area contributed by atoms with Crippen molar-refractivity contribution in [3.05, 3.63) is 11.6 Å². The first-order chi connectivity index (χ1) is 6.76. The van der Waals surface area contributed by atoms with E-state index in [0.29, 0.717) is 0 Å². The molecule has 0 heterocycles. The number of hydrogen-bond acceptors (Lipinski definition) is 0. The number of allylic oxidation sites excluding steroid dienone is 2. The third-order valence-electron chi connectivity index (χ3n) is 3.25. The molecule has 0 aromatic carbocycles. The van der Waals surface area contributed by atoms with Crippen LogP contribution in [-0.2, 0) is 0 Å². The summed E-state index contributed by atoms with van der Waals surface area (Å²) >= 11 is 0. The van der Waals surface area contributed by atoms with Crippen LogP contribution in [-0.4, -0.2) is 0 Å². The Kier molecular flexibility index (Phi) is 9.13. The van der Waals surface area contributed by atoms with Gasteiger partial charge in [-0.2, -0.15) is 0 Å². The number of hydrogen-bond donors (Lipinski definition) is 0. The van der Waals surface area contributed by atoms with Gasteiger partial charge in [0.1, 0.15) is 0 Å². The average Bonchev–Trinajstić information content (AvgIpc) is 2.22. The van der Waals surface area contributed by atoms with Crippen molar-refractivity contribution in [3.8, 4) is 0 Å². The van der Waals surface area contributed by atoms with E-state index in [1.807, 2.05) is 0 Å². The molecule has 0 saturated carbocycles. The summed E-state index contributed by atoms with van der Waals surface area (Å²) in [6, 6.07) is 0. The van der Waals surface area contributed by atoms with Crippen LogP contribution in [0.25, 0.3) is 0 Å². The summed E-state index contributed by atoms with van der Waals surface area (Å²) in [7, 11) is 0. The molecule has 0 N–H and O–H groups in total. The van der Waals surface area contributed by atoms with E-state index in [9.17, 15) is 0 Å². The molecule has 0 nitrogen and oxygen atoms in total. The van der Waals surface area contributed by atoms with Crippen molar-refractivity contribution in [2.45, 2.75) is 72.6 Å². The highest BCUT2D eigenvalue weighted by Crippen LogP contribution is 2.21. The quantitative estimate of drug-likeness (QED) is 0.363. The molecule has 0 heteroatoms. The van der Waals surface area contributed by atoms with E-state index in [2.05, 4.69) is 33.8 Å². The maximum absolute atomic E-state index is 2.31. The third-order valence-corrected chi connectivity index (χ3v) is 3.25. The Bertz CT molecular complexity index is 144. The van der Waals surface area contributed by atoms with E-state index in [-0.39, 0.29) is 0 Å². The highest BCUT2D eigenvalue weighted by atomic mass is 14.1. The Labute approximate surface area is 90.8 Å². The van der Waals surface area contributed by atoms with Crippen LogP contribution in [0, 0.1) is 5.92 Å². The molecule has 1 unspecified atom stereocenters. The second-order valence-electron chi connectivity index (χ2n) is 4.34. The van der Waals surface area contributed by atoms with Crippen LogP contribution >= 0.6 is 0 Å². The Hall–Kier alpha value is -0.260. The van der Waals surface area contributed by atoms with Crippen LogP contribution in [0.4, 0.5) is 0 Å². The van der Waals surface area contributed by atoms with Gasteiger partial charge in [0.25, 0.3) is 0 Å². The smallest absolute Gasteiger partial charge is 0.0209 e. The highest BCUT2D eigenvalue weighted by molar-refractivity contribution is 5.01. The van der Waals surface area contributed by atoms with Crippen LogP contribution in [0.3, 0.4) is 0 Å². The number of rotatable bonds is 8. The molecular formula is C14H28. The summed E-state index contributed by atoms with van der Waals surface area (Å²) < 4.78 is 0. The van der Waals surface area contributed by atoms with Crippen molar-refractivity contribution in [2.24, 2.45) is 5.92 Å². The predicted octanol–water partition coefficient (Wildman–Crippen LogP) is 5.34. The lowest BCUT2D eigenvalue weighted by Crippen LogP contribution is -2.00. The normalized spacial score (nSPS) is 14.4. The van der Waals surface area contributed by atoms with E-state index in [1.165, 1.54) is 44.9 Å². The zero-order valence-electron chi connectivity index (χ0n) is 10.6. The summed E-state index contributed by atoms with van der Waals surface area (Å²) in [5.74, 6) is 0.849. The van der Waals surface area contributed by atoms with Crippen LogP contribution in [0.1, 0.15) is 72.6 Å². The molecule has 0 aromatic heterocycles. The lowest BCUT2D eigenvalue weighted by Gasteiger charge is -2.15. The molecule has 0 aliphatic carbocycles. The molecule has 84 valence electrons. The second kappa shape index (κ2) is 9.30. The Morgan fingerprint density at radius 1 is 1.07 bits per heavy atom. The van der Waals surface area contributed by atoms with Gasteiger partial charge in [-0.15, -0.1) is 0 Å². The van der Waals surface area contributed by atoms with Gasteiger partial charge in [-0.3, -0.25) is 0 Å². The van der Waals surface area contributed by atoms with Gasteiger partial charge in [-0.1, -0.05) is 57.6 Å². The summed E-state index contributed by atoms with van der Waals surface area (Å²) in [6.07, 6.45) is 12.0. The maximum Gasteiger partial charge on any atom is -0.0209 e. The molecule has 0 aliphatic heterocycles. The van der Waals surface area contributed by atoms with E-state index < -0.39 is 0 Å². The van der Waals surface area contributed by atoms with Crippen molar-refractivity contribution in [1.29, 1.82) is 0 Å². The average molecular weight is 196 g/mol. The maximum atomic E-state index is 2.31. The molecule has 0 bridgehead atoms. The first kappa shape index (κ1) is 13.7. The van der Waals surface area contributed by atoms with Gasteiger partial charge < -0.3 is 0 Å². The topological polar surface area (TPSA) is 0 Å². The summed E-state index contributed by atoms with van der Waals surface area (Å²) in [5, 5.41) is 0. The minimum absolute atomic E-state index is 0.849. The molecule has 1 atom stereocenters. The molecule has 0 radical (unpaired) electrons. The molecule has 0 rings (SSSR count). The van der Waals surface area contributed by atoms with Gasteiger partial charge in [0.15, 0.2) is 0 Å². The Morgan fingerprint density at radius 2 is 1.71 bits per heavy atom. The van der Waals surface area contributed by atoms with Crippen molar-refractivity contribution in [3.63, 3.8) is 0 Å². The molecule has 0 saturated heterocycles. The standard InChI is InChI=1S/C14H28/c1-5-8-9-10-11-12-14(7-3)13(4)6-2/h6,14H,5,7-12H2,1-4H3. The van der Waals surface area contributed by atoms with Gasteiger partial charge in [-0.05, 0) is 32.6 Å². The highest BCUT2D eigenvalue weighted by Gasteiger charge is 2.06. The zero-order chi connectivity index (χ0) is 10.8. The van der Waals surface area contributed by atoms with Crippen LogP contribution < -0.4 is 0 Å². The monoisotopic (exact) mass is 196 g/mol. The van der Waals surface area contributed by atoms with E-state index in [1.54, 1.807) is 5.57 Å². The van der Waals surface area contributed by atoms with Crippen molar-refractivity contribution >= 4 is 0 Å². The van der Waals surface area contributed by atoms with Gasteiger partial charge >= 0.3 is 0 Å². The fourth-order valence-electron chi connectivity index (χ4n) is 1.98. The van der Waals surface area contributed by atoms with Crippen molar-refractivity contribution in [1.82, 2.24) is 0 Å². The fraction of sp³-hybridized carbons (Fsp3) is 0.857. The Morgan fingerprint density at radius 3 is 2.21 bits per heavy atom. The van der Waals surface area contributed by atoms with Crippen molar-refractivity contribution < 1.29 is 0 Å². The minimum atomic E-state index is 0.849. The van der Waals surface area contributed by atoms with Crippen molar-refractivity contribution in [2.75, 3.05) is 0 Å². The fourth-order valence-corrected chi connectivity index (χ4v) is 1.98. The van der Waals surface area contributed by atoms with Crippen LogP contribution in [0.5, 0.6) is 0 Å². The zero-order valence-corrected chi connectivity index (χ0v) is 10.6. The third kappa shape index (κ3) is 6.23. The largest absolute Gasteiger partial charge is 0.0885 e. The molecular weight excluding hydrogens is 168 g/mol. The summed E-state index contributed by atoms with van der Waals surface area (Å²) in [4.78, 5) is 0. The lowest BCUT2D eigenvalue weighted by molar-refractivity contribution is 0.493. The minimum Gasteiger partial charge on any atom is -0.0885 e. The molecule has 14 heavy (non-hydrogen) atoms. The number of unbranched alkanes of at least 4 members (excludes halogenated alkanes) is 4. The van der Waals surface area contributed by atoms with Crippen LogP contribution in [0.15, 0.2) is 11.6 Å². The first-order valence-corrected chi connectivity index (χ1v) is 6.39. The van der Waals surface area contributed by atoms with Gasteiger partial charge in [0.2, 0.25) is 0 Å². The molecule has 0 aliphatic rings. The second-order valence-corrected chi connectivity index (χ2v) is 4.34. The molecule has 0 aromatic rings. The Balaban J connectivity index is 3.53. The van der Waals surface area contributed by atoms with E-state index >= 15 is 0 Å². The first-order valence-electron chi connectivity index (χ1n) is 6.39. The van der Waals surface area contributed by atoms with Gasteiger partial charge in [0, 0.05) is 0 Å². The molecule has 0 amide bonds. The van der Waals surface area contributed by atoms with Crippen LogP contribution in [0.2, 0.25) is 0 Å². The van der Waals surface area contributed by atoms with E-state index in [0.717, 1.165) is 5.92 Å².